The number of nitrogens with zero attached hydrogens (tertiary/aromatic N) is 1. The second-order valence-electron chi connectivity index (χ2n) is 4.11. The molecule has 6 heteroatoms. The Hall–Kier alpha value is -2.34. The van der Waals surface area contributed by atoms with Gasteiger partial charge in [-0.05, 0) is 19.1 Å². The molecule has 1 heterocycles. The van der Waals surface area contributed by atoms with E-state index in [0.717, 1.165) is 0 Å². The molecule has 20 heavy (non-hydrogen) atoms. The summed E-state index contributed by atoms with van der Waals surface area (Å²) in [6.07, 6.45) is 0. The van der Waals surface area contributed by atoms with E-state index >= 15 is 0 Å². The number of anilines is 1. The largest absolute Gasteiger partial charge is 0.490 e. The van der Waals surface area contributed by atoms with Gasteiger partial charge < -0.3 is 19.3 Å². The quantitative estimate of drug-likeness (QED) is 0.819. The molecule has 0 radical (unpaired) electrons. The molecule has 6 nitrogen and oxygen atoms in total. The van der Waals surface area contributed by atoms with Gasteiger partial charge in [0.1, 0.15) is 18.1 Å². The lowest BCUT2D eigenvalue weighted by molar-refractivity contribution is 0.101. The Bertz CT molecular complexity index is 580. The average molecular weight is 276 g/mol. The molecule has 1 aromatic carbocycles. The summed E-state index contributed by atoms with van der Waals surface area (Å²) in [6, 6.07) is 8.64. The number of amides is 1. The number of hydrogen-bond donors (Lipinski definition) is 1. The van der Waals surface area contributed by atoms with Gasteiger partial charge >= 0.3 is 0 Å². The molecule has 1 N–H and O–H groups in total. The third kappa shape index (κ3) is 3.58. The highest BCUT2D eigenvalue weighted by Gasteiger charge is 2.13. The molecule has 0 aliphatic heterocycles. The predicted octanol–water partition coefficient (Wildman–Crippen LogP) is 2.26. The van der Waals surface area contributed by atoms with Crippen LogP contribution in [0.4, 0.5) is 5.82 Å². The van der Waals surface area contributed by atoms with Gasteiger partial charge in [0.2, 0.25) is 0 Å². The number of carbonyl (C=O) groups excluding carboxylic acids is 1. The molecular weight excluding hydrogens is 260 g/mol. The summed E-state index contributed by atoms with van der Waals surface area (Å²) in [7, 11) is 1.59. The van der Waals surface area contributed by atoms with Crippen LogP contribution in [0.1, 0.15) is 16.1 Å². The van der Waals surface area contributed by atoms with Gasteiger partial charge in [-0.1, -0.05) is 17.3 Å². The number of carbonyl (C=O) groups is 1. The van der Waals surface area contributed by atoms with E-state index in [1.54, 1.807) is 44.4 Å². The third-order valence-electron chi connectivity index (χ3n) is 2.55. The summed E-state index contributed by atoms with van der Waals surface area (Å²) in [6.45, 7) is 2.59. The maximum atomic E-state index is 12.2. The predicted molar refractivity (Wildman–Crippen MR) is 73.0 cm³/mol. The second-order valence-corrected chi connectivity index (χ2v) is 4.11. The van der Waals surface area contributed by atoms with E-state index in [0.29, 0.717) is 36.1 Å². The van der Waals surface area contributed by atoms with Crippen molar-refractivity contribution in [2.24, 2.45) is 0 Å². The van der Waals surface area contributed by atoms with E-state index in [-0.39, 0.29) is 5.91 Å². The van der Waals surface area contributed by atoms with Gasteiger partial charge in [-0.25, -0.2) is 0 Å². The molecule has 0 unspecified atom stereocenters. The number of nitrogens with one attached hydrogen (secondary N) is 1. The SMILES string of the molecule is COCCOc1ccccc1C(=O)Nc1cc(C)on1. The molecule has 0 bridgehead atoms. The smallest absolute Gasteiger partial charge is 0.260 e. The number of para-hydroxylation sites is 1. The molecule has 0 saturated heterocycles. The molecule has 0 saturated carbocycles. The Morgan fingerprint density at radius 2 is 2.15 bits per heavy atom. The van der Waals surface area contributed by atoms with Gasteiger partial charge in [-0.3, -0.25) is 4.79 Å². The summed E-state index contributed by atoms with van der Waals surface area (Å²) < 4.78 is 15.3. The molecule has 2 aromatic rings. The molecule has 106 valence electrons. The van der Waals surface area contributed by atoms with Crippen molar-refractivity contribution in [1.29, 1.82) is 0 Å². The van der Waals surface area contributed by atoms with Crippen molar-refractivity contribution in [2.75, 3.05) is 25.6 Å². The fourth-order valence-corrected chi connectivity index (χ4v) is 1.62. The van der Waals surface area contributed by atoms with Crippen molar-refractivity contribution in [3.63, 3.8) is 0 Å². The normalized spacial score (nSPS) is 10.3. The van der Waals surface area contributed by atoms with Crippen LogP contribution in [0.15, 0.2) is 34.9 Å². The van der Waals surface area contributed by atoms with Crippen LogP contribution in [0.3, 0.4) is 0 Å². The highest BCUT2D eigenvalue weighted by molar-refractivity contribution is 6.05. The van der Waals surface area contributed by atoms with Crippen LogP contribution in [0.5, 0.6) is 5.75 Å². The van der Waals surface area contributed by atoms with E-state index < -0.39 is 0 Å². The van der Waals surface area contributed by atoms with Gasteiger partial charge in [0, 0.05) is 13.2 Å². The molecular formula is C14H16N2O4. The van der Waals surface area contributed by atoms with Crippen LogP contribution in [-0.2, 0) is 4.74 Å². The number of methoxy groups -OCH3 is 1. The Balaban J connectivity index is 2.08. The number of hydrogen-bond acceptors (Lipinski definition) is 5. The molecule has 0 fully saturated rings. The van der Waals surface area contributed by atoms with Crippen LogP contribution in [0.25, 0.3) is 0 Å². The first-order valence-electron chi connectivity index (χ1n) is 6.16. The Kier molecular flexibility index (Phi) is 4.73. The standard InChI is InChI=1S/C14H16N2O4/c1-10-9-13(16-20-10)15-14(17)11-5-3-4-6-12(11)19-8-7-18-2/h3-6,9H,7-8H2,1-2H3,(H,15,16,17). The van der Waals surface area contributed by atoms with Crippen molar-refractivity contribution in [2.45, 2.75) is 6.92 Å². The first-order chi connectivity index (χ1) is 9.70. The van der Waals surface area contributed by atoms with Gasteiger partial charge in [-0.15, -0.1) is 0 Å². The van der Waals surface area contributed by atoms with Gasteiger partial charge in [0.15, 0.2) is 5.82 Å². The van der Waals surface area contributed by atoms with Crippen molar-refractivity contribution >= 4 is 11.7 Å². The van der Waals surface area contributed by atoms with Crippen molar-refractivity contribution < 1.29 is 18.8 Å². The fraction of sp³-hybridized carbons (Fsp3) is 0.286. The monoisotopic (exact) mass is 276 g/mol. The van der Waals surface area contributed by atoms with Gasteiger partial charge in [-0.2, -0.15) is 0 Å². The van der Waals surface area contributed by atoms with Gasteiger partial charge in [0.25, 0.3) is 5.91 Å². The van der Waals surface area contributed by atoms with Crippen molar-refractivity contribution in [3.05, 3.63) is 41.7 Å². The Morgan fingerprint density at radius 3 is 2.85 bits per heavy atom. The number of benzene rings is 1. The zero-order valence-electron chi connectivity index (χ0n) is 11.4. The molecule has 0 spiro atoms. The summed E-state index contributed by atoms with van der Waals surface area (Å²) >= 11 is 0. The van der Waals surface area contributed by atoms with Crippen LogP contribution in [0.2, 0.25) is 0 Å². The third-order valence-corrected chi connectivity index (χ3v) is 2.55. The lowest BCUT2D eigenvalue weighted by Crippen LogP contribution is -2.15. The minimum absolute atomic E-state index is 0.300. The minimum atomic E-state index is -0.300. The average Bonchev–Trinajstić information content (AvgIpc) is 2.85. The molecule has 1 aromatic heterocycles. The number of aryl methyl sites for hydroxylation is 1. The summed E-state index contributed by atoms with van der Waals surface area (Å²) in [5.74, 6) is 1.21. The Morgan fingerprint density at radius 1 is 1.35 bits per heavy atom. The highest BCUT2D eigenvalue weighted by atomic mass is 16.5. The van der Waals surface area contributed by atoms with E-state index in [9.17, 15) is 4.79 Å². The highest BCUT2D eigenvalue weighted by Crippen LogP contribution is 2.19. The second kappa shape index (κ2) is 6.72. The van der Waals surface area contributed by atoms with Crippen LogP contribution >= 0.6 is 0 Å². The van der Waals surface area contributed by atoms with E-state index in [4.69, 9.17) is 14.0 Å². The van der Waals surface area contributed by atoms with Crippen LogP contribution in [0, 0.1) is 6.92 Å². The van der Waals surface area contributed by atoms with Crippen LogP contribution in [-0.4, -0.2) is 31.4 Å². The lowest BCUT2D eigenvalue weighted by Gasteiger charge is -2.10. The van der Waals surface area contributed by atoms with E-state index in [1.807, 2.05) is 0 Å². The molecule has 0 aliphatic rings. The molecule has 1 amide bonds. The number of ether oxygens (including phenoxy) is 2. The van der Waals surface area contributed by atoms with E-state index in [1.165, 1.54) is 0 Å². The number of rotatable bonds is 6. The van der Waals surface area contributed by atoms with Crippen molar-refractivity contribution in [3.8, 4) is 5.75 Å². The van der Waals surface area contributed by atoms with Crippen LogP contribution < -0.4 is 10.1 Å². The maximum Gasteiger partial charge on any atom is 0.260 e. The fourth-order valence-electron chi connectivity index (χ4n) is 1.62. The molecule has 0 aliphatic carbocycles. The van der Waals surface area contributed by atoms with Crippen molar-refractivity contribution in [1.82, 2.24) is 5.16 Å². The van der Waals surface area contributed by atoms with E-state index in [2.05, 4.69) is 10.5 Å². The van der Waals surface area contributed by atoms with Gasteiger partial charge in [0.05, 0.1) is 12.2 Å². The number of aromatic nitrogens is 1. The first kappa shape index (κ1) is 14.1. The lowest BCUT2D eigenvalue weighted by atomic mass is 10.2. The zero-order valence-corrected chi connectivity index (χ0v) is 11.4. The first-order valence-corrected chi connectivity index (χ1v) is 6.16. The maximum absolute atomic E-state index is 12.2. The Labute approximate surface area is 116 Å². The minimum Gasteiger partial charge on any atom is -0.490 e. The summed E-state index contributed by atoms with van der Waals surface area (Å²) in [4.78, 5) is 12.2. The summed E-state index contributed by atoms with van der Waals surface area (Å²) in [5.41, 5.74) is 0.434. The summed E-state index contributed by atoms with van der Waals surface area (Å²) in [5, 5.41) is 6.37. The zero-order chi connectivity index (χ0) is 14.4. The topological polar surface area (TPSA) is 73.6 Å². The molecule has 2 rings (SSSR count). The molecule has 0 atom stereocenters.